The number of aromatic nitrogens is 2. The molecule has 13 N–H and O–H groups in total. The third kappa shape index (κ3) is 11.8. The Morgan fingerprint density at radius 3 is 2.14 bits per heavy atom. The second-order valence-electron chi connectivity index (χ2n) is 7.97. The second kappa shape index (κ2) is 15.7. The predicted molar refractivity (Wildman–Crippen MR) is 128 cm³/mol. The number of carbonyl (C=O) groups is 5. The van der Waals surface area contributed by atoms with E-state index in [9.17, 15) is 34.2 Å². The highest BCUT2D eigenvalue weighted by Gasteiger charge is 2.30. The normalized spacial score (nSPS) is 13.9. The number of rotatable bonds is 17. The lowest BCUT2D eigenvalue weighted by atomic mass is 10.1. The van der Waals surface area contributed by atoms with Gasteiger partial charge >= 0.3 is 11.9 Å². The third-order valence-corrected chi connectivity index (χ3v) is 4.99. The maximum atomic E-state index is 12.9. The summed E-state index contributed by atoms with van der Waals surface area (Å²) in [6.07, 6.45) is 2.24. The van der Waals surface area contributed by atoms with Crippen LogP contribution in [0.4, 0.5) is 0 Å². The number of carbonyl (C=O) groups excluding carboxylic acids is 3. The molecule has 0 aliphatic rings. The lowest BCUT2D eigenvalue weighted by Crippen LogP contribution is -2.58. The number of imidazole rings is 1. The molecule has 0 saturated carbocycles. The summed E-state index contributed by atoms with van der Waals surface area (Å²) in [7, 11) is 0. The third-order valence-electron chi connectivity index (χ3n) is 4.99. The van der Waals surface area contributed by atoms with E-state index >= 15 is 0 Å². The number of carboxylic acid groups (broad SMARTS) is 2. The van der Waals surface area contributed by atoms with Crippen LogP contribution in [0.2, 0.25) is 0 Å². The van der Waals surface area contributed by atoms with Crippen molar-refractivity contribution in [3.8, 4) is 0 Å². The quantitative estimate of drug-likeness (QED) is 0.0523. The molecule has 206 valence electrons. The van der Waals surface area contributed by atoms with Crippen LogP contribution >= 0.6 is 0 Å². The first kappa shape index (κ1) is 30.8. The van der Waals surface area contributed by atoms with Gasteiger partial charge in [0.05, 0.1) is 19.0 Å². The van der Waals surface area contributed by atoms with E-state index in [1.165, 1.54) is 12.5 Å². The summed E-state index contributed by atoms with van der Waals surface area (Å²) in [4.78, 5) is 70.5. The van der Waals surface area contributed by atoms with Gasteiger partial charge in [-0.05, 0) is 19.3 Å². The van der Waals surface area contributed by atoms with Gasteiger partial charge in [-0.15, -0.1) is 0 Å². The van der Waals surface area contributed by atoms with Crippen molar-refractivity contribution >= 4 is 35.6 Å². The number of nitrogens with zero attached hydrogens (tertiary/aromatic N) is 2. The van der Waals surface area contributed by atoms with E-state index in [1.54, 1.807) is 0 Å². The molecule has 17 nitrogen and oxygen atoms in total. The molecule has 0 aliphatic heterocycles. The van der Waals surface area contributed by atoms with Crippen LogP contribution in [-0.4, -0.2) is 98.2 Å². The van der Waals surface area contributed by atoms with Crippen LogP contribution in [0.15, 0.2) is 17.5 Å². The van der Waals surface area contributed by atoms with E-state index in [0.29, 0.717) is 5.69 Å². The standard InChI is InChI=1S/C20H33N9O8/c21-11(3-4-15(31)32)16(33)29-14(8-30)18(35)27-12(2-1-5-25-20(22)23)17(34)28-13(19(36)37)6-10-7-24-9-26-10/h7,9,11-14,30H,1-6,8,21H2,(H,24,26)(H,27,35)(H,28,34)(H,29,33)(H,31,32)(H,36,37)(H4,22,23,25). The van der Waals surface area contributed by atoms with Gasteiger partial charge < -0.3 is 53.5 Å². The Morgan fingerprint density at radius 2 is 1.59 bits per heavy atom. The number of H-pyrrole nitrogens is 1. The molecule has 0 saturated heterocycles. The molecule has 0 aliphatic carbocycles. The number of nitrogens with two attached hydrogens (primary N) is 3. The average Bonchev–Trinajstić information content (AvgIpc) is 3.34. The molecule has 1 rings (SSSR count). The Bertz CT molecular complexity index is 950. The number of aliphatic carboxylic acids is 2. The average molecular weight is 528 g/mol. The lowest BCUT2D eigenvalue weighted by Gasteiger charge is -2.24. The zero-order valence-electron chi connectivity index (χ0n) is 19.9. The Morgan fingerprint density at radius 1 is 0.973 bits per heavy atom. The van der Waals surface area contributed by atoms with E-state index in [0.717, 1.165) is 0 Å². The zero-order valence-corrected chi connectivity index (χ0v) is 19.9. The van der Waals surface area contributed by atoms with Gasteiger partial charge in [0.15, 0.2) is 5.96 Å². The molecule has 0 fully saturated rings. The van der Waals surface area contributed by atoms with Crippen molar-refractivity contribution in [1.29, 1.82) is 0 Å². The number of hydrogen-bond acceptors (Lipinski definition) is 9. The first-order chi connectivity index (χ1) is 17.4. The molecule has 17 heteroatoms. The number of amides is 3. The van der Waals surface area contributed by atoms with E-state index in [2.05, 4.69) is 30.9 Å². The number of aromatic amines is 1. The van der Waals surface area contributed by atoms with Gasteiger partial charge in [0.25, 0.3) is 0 Å². The highest BCUT2D eigenvalue weighted by atomic mass is 16.4. The smallest absolute Gasteiger partial charge is 0.326 e. The minimum atomic E-state index is -1.52. The van der Waals surface area contributed by atoms with Gasteiger partial charge in [0, 0.05) is 31.3 Å². The zero-order chi connectivity index (χ0) is 28.0. The highest BCUT2D eigenvalue weighted by molar-refractivity contribution is 5.94. The van der Waals surface area contributed by atoms with Crippen molar-refractivity contribution in [2.24, 2.45) is 22.2 Å². The molecule has 3 amide bonds. The van der Waals surface area contributed by atoms with E-state index in [1.807, 2.05) is 0 Å². The Kier molecular flexibility index (Phi) is 13.0. The summed E-state index contributed by atoms with van der Waals surface area (Å²) in [5.74, 6) is -5.35. The Hall–Kier alpha value is -4.25. The monoisotopic (exact) mass is 527 g/mol. The maximum absolute atomic E-state index is 12.9. The lowest BCUT2D eigenvalue weighted by molar-refractivity contribution is -0.142. The molecule has 37 heavy (non-hydrogen) atoms. The molecule has 0 spiro atoms. The summed E-state index contributed by atoms with van der Waals surface area (Å²) < 4.78 is 0. The molecule has 4 unspecified atom stereocenters. The van der Waals surface area contributed by atoms with Crippen molar-refractivity contribution < 1.29 is 39.3 Å². The van der Waals surface area contributed by atoms with Crippen LogP contribution < -0.4 is 33.2 Å². The number of aliphatic imine (C=N–C) groups is 1. The fourth-order valence-electron chi connectivity index (χ4n) is 3.02. The summed E-state index contributed by atoms with van der Waals surface area (Å²) in [5, 5.41) is 34.7. The minimum absolute atomic E-state index is 0.0189. The number of nitrogens with one attached hydrogen (secondary N) is 4. The van der Waals surface area contributed by atoms with Gasteiger partial charge in [0.2, 0.25) is 17.7 Å². The SMILES string of the molecule is NC(N)=NCCCC(NC(=O)C(CO)NC(=O)C(N)CCC(=O)O)C(=O)NC(Cc1cnc[nH]1)C(=O)O. The fraction of sp³-hybridized carbons (Fsp3) is 0.550. The number of guanidine groups is 1. The van der Waals surface area contributed by atoms with Crippen LogP contribution in [0.5, 0.6) is 0 Å². The number of hydrogen-bond donors (Lipinski definition) is 10. The topological polar surface area (TPSA) is 301 Å². The molecule has 0 radical (unpaired) electrons. The van der Waals surface area contributed by atoms with Crippen LogP contribution in [-0.2, 0) is 30.4 Å². The highest BCUT2D eigenvalue weighted by Crippen LogP contribution is 2.04. The van der Waals surface area contributed by atoms with Crippen LogP contribution in [0.1, 0.15) is 31.4 Å². The van der Waals surface area contributed by atoms with Crippen LogP contribution in [0, 0.1) is 0 Å². The van der Waals surface area contributed by atoms with Crippen molar-refractivity contribution in [2.75, 3.05) is 13.2 Å². The van der Waals surface area contributed by atoms with Crippen molar-refractivity contribution in [3.05, 3.63) is 18.2 Å². The molecule has 0 bridgehead atoms. The molecule has 1 heterocycles. The minimum Gasteiger partial charge on any atom is -0.481 e. The van der Waals surface area contributed by atoms with Crippen LogP contribution in [0.3, 0.4) is 0 Å². The number of carboxylic acids is 2. The summed E-state index contributed by atoms with van der Waals surface area (Å²) >= 11 is 0. The van der Waals surface area contributed by atoms with E-state index in [4.69, 9.17) is 22.3 Å². The summed E-state index contributed by atoms with van der Waals surface area (Å²) in [6.45, 7) is -0.750. The van der Waals surface area contributed by atoms with Crippen molar-refractivity contribution in [1.82, 2.24) is 25.9 Å². The molecule has 0 aromatic carbocycles. The first-order valence-corrected chi connectivity index (χ1v) is 11.2. The van der Waals surface area contributed by atoms with E-state index < -0.39 is 60.4 Å². The number of aliphatic hydroxyl groups excluding tert-OH is 1. The summed E-state index contributed by atoms with van der Waals surface area (Å²) in [5.41, 5.74) is 16.6. The van der Waals surface area contributed by atoms with E-state index in [-0.39, 0.29) is 44.6 Å². The Labute approximate surface area is 211 Å². The van der Waals surface area contributed by atoms with Gasteiger partial charge in [0.1, 0.15) is 18.1 Å². The predicted octanol–water partition coefficient (Wildman–Crippen LogP) is -4.27. The van der Waals surface area contributed by atoms with Gasteiger partial charge in [-0.2, -0.15) is 0 Å². The molecular formula is C20H33N9O8. The maximum Gasteiger partial charge on any atom is 0.326 e. The van der Waals surface area contributed by atoms with Crippen LogP contribution in [0.25, 0.3) is 0 Å². The second-order valence-corrected chi connectivity index (χ2v) is 7.97. The molecule has 1 aromatic heterocycles. The molecule has 1 aromatic rings. The summed E-state index contributed by atoms with van der Waals surface area (Å²) in [6, 6.07) is -5.41. The largest absolute Gasteiger partial charge is 0.481 e. The Balaban J connectivity index is 2.91. The van der Waals surface area contributed by atoms with Crippen molar-refractivity contribution in [2.45, 2.75) is 56.3 Å². The van der Waals surface area contributed by atoms with Gasteiger partial charge in [-0.1, -0.05) is 0 Å². The van der Waals surface area contributed by atoms with Crippen molar-refractivity contribution in [3.63, 3.8) is 0 Å². The van der Waals surface area contributed by atoms with Gasteiger partial charge in [-0.25, -0.2) is 9.78 Å². The molecule has 4 atom stereocenters. The first-order valence-electron chi connectivity index (χ1n) is 11.2. The molecular weight excluding hydrogens is 494 g/mol. The van der Waals surface area contributed by atoms with Gasteiger partial charge in [-0.3, -0.25) is 24.2 Å². The number of aliphatic hydroxyl groups is 1. The fourth-order valence-corrected chi connectivity index (χ4v) is 3.02.